The number of para-hydroxylation sites is 1. The molecule has 90 valence electrons. The number of hydrogen-bond donors (Lipinski definition) is 0. The van der Waals surface area contributed by atoms with Gasteiger partial charge >= 0.3 is 0 Å². The van der Waals surface area contributed by atoms with Gasteiger partial charge in [0.25, 0.3) is 0 Å². The number of aliphatic imine (C=N–C) groups is 1. The number of likely N-dealkylation sites (tertiary alicyclic amines) is 1. The van der Waals surface area contributed by atoms with E-state index in [1.54, 1.807) is 12.1 Å². The first-order valence-electron chi connectivity index (χ1n) is 5.88. The van der Waals surface area contributed by atoms with Crippen LogP contribution in [0.15, 0.2) is 35.3 Å². The lowest BCUT2D eigenvalue weighted by atomic mass is 10.2. The predicted octanol–water partition coefficient (Wildman–Crippen LogP) is 1.44. The number of rotatable bonds is 1. The molecule has 1 aromatic rings. The molecule has 4 nitrogen and oxygen atoms in total. The van der Waals surface area contributed by atoms with Crippen LogP contribution in [0.25, 0.3) is 0 Å². The number of carbonyl (C=O) groups excluding carboxylic acids is 1. The van der Waals surface area contributed by atoms with Crippen LogP contribution < -0.4 is 5.11 Å². The average Bonchev–Trinajstić information content (AvgIpc) is 2.55. The number of nitrogens with zero attached hydrogens (tertiary/aromatic N) is 2. The standard InChI is InChI=1S/C13H16N2O2/c16-12-9-5-2-6-10-15(12)13(17)14-11-7-3-1-4-8-11/h1,3-4,7-8H,2,5-6,9-10H2,(H,14,17)/p-1. The first-order chi connectivity index (χ1) is 8.27. The summed E-state index contributed by atoms with van der Waals surface area (Å²) >= 11 is 0. The Kier molecular flexibility index (Phi) is 3.75. The van der Waals surface area contributed by atoms with E-state index in [0.717, 1.165) is 19.3 Å². The van der Waals surface area contributed by atoms with E-state index in [1.165, 1.54) is 4.90 Å². The highest BCUT2D eigenvalue weighted by Crippen LogP contribution is 2.14. The summed E-state index contributed by atoms with van der Waals surface area (Å²) in [4.78, 5) is 16.9. The van der Waals surface area contributed by atoms with Gasteiger partial charge in [-0.25, -0.2) is 4.99 Å². The molecule has 1 amide bonds. The van der Waals surface area contributed by atoms with Crippen LogP contribution in [0.3, 0.4) is 0 Å². The Bertz CT molecular complexity index is 415. The third kappa shape index (κ3) is 3.06. The van der Waals surface area contributed by atoms with Crippen LogP contribution in [0.5, 0.6) is 0 Å². The molecule has 0 N–H and O–H groups in total. The maximum atomic E-state index is 11.9. The zero-order chi connectivity index (χ0) is 12.1. The first kappa shape index (κ1) is 11.6. The van der Waals surface area contributed by atoms with Crippen LogP contribution in [0, 0.1) is 0 Å². The van der Waals surface area contributed by atoms with Crippen LogP contribution >= 0.6 is 0 Å². The SMILES string of the molecule is O=C1CCCCCN1C([O-])=Nc1ccccc1. The Morgan fingerprint density at radius 3 is 2.71 bits per heavy atom. The fraction of sp³-hybridized carbons (Fsp3) is 0.385. The van der Waals surface area contributed by atoms with Crippen LogP contribution in [0.4, 0.5) is 5.69 Å². The van der Waals surface area contributed by atoms with Crippen LogP contribution in [0.1, 0.15) is 25.7 Å². The lowest BCUT2D eigenvalue weighted by Crippen LogP contribution is -2.43. The van der Waals surface area contributed by atoms with Crippen molar-refractivity contribution in [1.82, 2.24) is 4.90 Å². The number of benzene rings is 1. The molecule has 0 aromatic heterocycles. The summed E-state index contributed by atoms with van der Waals surface area (Å²) in [5.41, 5.74) is 0.592. The summed E-state index contributed by atoms with van der Waals surface area (Å²) in [6.45, 7) is 0.494. The molecular weight excluding hydrogens is 216 g/mol. The summed E-state index contributed by atoms with van der Waals surface area (Å²) in [6, 6.07) is 8.55. The van der Waals surface area contributed by atoms with E-state index in [-0.39, 0.29) is 5.91 Å². The van der Waals surface area contributed by atoms with Crippen LogP contribution in [-0.2, 0) is 4.79 Å². The molecule has 0 saturated carbocycles. The van der Waals surface area contributed by atoms with Gasteiger partial charge in [0.2, 0.25) is 5.91 Å². The van der Waals surface area contributed by atoms with Crippen molar-refractivity contribution in [3.8, 4) is 0 Å². The number of carbonyl (C=O) groups is 1. The van der Waals surface area contributed by atoms with E-state index < -0.39 is 6.02 Å². The quantitative estimate of drug-likeness (QED) is 0.542. The van der Waals surface area contributed by atoms with Crippen molar-refractivity contribution in [1.29, 1.82) is 0 Å². The van der Waals surface area contributed by atoms with Gasteiger partial charge in [0.15, 0.2) is 0 Å². The van der Waals surface area contributed by atoms with Gasteiger partial charge < -0.3 is 10.0 Å². The van der Waals surface area contributed by atoms with E-state index in [0.29, 0.717) is 18.7 Å². The monoisotopic (exact) mass is 231 g/mol. The van der Waals surface area contributed by atoms with Gasteiger partial charge in [-0.15, -0.1) is 0 Å². The molecule has 2 rings (SSSR count). The maximum Gasteiger partial charge on any atom is 0.227 e. The van der Waals surface area contributed by atoms with Crippen LogP contribution in [-0.4, -0.2) is 23.4 Å². The summed E-state index contributed by atoms with van der Waals surface area (Å²) in [7, 11) is 0. The Hall–Kier alpha value is -1.84. The second-order valence-electron chi connectivity index (χ2n) is 4.09. The molecule has 1 aromatic carbocycles. The highest BCUT2D eigenvalue weighted by atomic mass is 16.3. The van der Waals surface area contributed by atoms with Gasteiger partial charge in [0.05, 0.1) is 11.7 Å². The highest BCUT2D eigenvalue weighted by molar-refractivity contribution is 5.93. The number of hydrogen-bond acceptors (Lipinski definition) is 3. The minimum atomic E-state index is -0.442. The second kappa shape index (κ2) is 5.48. The fourth-order valence-corrected chi connectivity index (χ4v) is 1.86. The van der Waals surface area contributed by atoms with Gasteiger partial charge in [-0.1, -0.05) is 24.6 Å². The molecule has 1 aliphatic heterocycles. The van der Waals surface area contributed by atoms with Crippen molar-refractivity contribution in [3.05, 3.63) is 30.3 Å². The summed E-state index contributed by atoms with van der Waals surface area (Å²) in [5.74, 6) is -0.104. The Balaban J connectivity index is 2.15. The molecule has 1 aliphatic rings. The molecule has 0 atom stereocenters. The molecule has 0 radical (unpaired) electrons. The van der Waals surface area contributed by atoms with Gasteiger partial charge in [-0.05, 0) is 25.0 Å². The first-order valence-corrected chi connectivity index (χ1v) is 5.88. The molecule has 0 spiro atoms. The van der Waals surface area contributed by atoms with Gasteiger partial charge in [-0.3, -0.25) is 4.79 Å². The minimum absolute atomic E-state index is 0.104. The van der Waals surface area contributed by atoms with E-state index in [9.17, 15) is 9.90 Å². The minimum Gasteiger partial charge on any atom is -0.846 e. The smallest absolute Gasteiger partial charge is 0.227 e. The molecule has 0 unspecified atom stereocenters. The third-order valence-corrected chi connectivity index (χ3v) is 2.79. The maximum absolute atomic E-state index is 11.9. The molecule has 1 saturated heterocycles. The summed E-state index contributed by atoms with van der Waals surface area (Å²) < 4.78 is 0. The fourth-order valence-electron chi connectivity index (χ4n) is 1.86. The van der Waals surface area contributed by atoms with Gasteiger partial charge in [-0.2, -0.15) is 0 Å². The molecule has 1 fully saturated rings. The molecule has 0 aliphatic carbocycles. The van der Waals surface area contributed by atoms with Crippen molar-refractivity contribution in [2.75, 3.05) is 6.54 Å². The number of amidine groups is 1. The molecule has 17 heavy (non-hydrogen) atoms. The van der Waals surface area contributed by atoms with Crippen molar-refractivity contribution in [3.63, 3.8) is 0 Å². The number of amides is 1. The highest BCUT2D eigenvalue weighted by Gasteiger charge is 2.16. The van der Waals surface area contributed by atoms with E-state index >= 15 is 0 Å². The third-order valence-electron chi connectivity index (χ3n) is 2.79. The summed E-state index contributed by atoms with van der Waals surface area (Å²) in [6.07, 6.45) is 3.20. The van der Waals surface area contributed by atoms with Crippen molar-refractivity contribution >= 4 is 17.6 Å². The lowest BCUT2D eigenvalue weighted by Gasteiger charge is -2.26. The zero-order valence-electron chi connectivity index (χ0n) is 9.63. The molecular formula is C13H15N2O2-. The van der Waals surface area contributed by atoms with E-state index in [2.05, 4.69) is 4.99 Å². The van der Waals surface area contributed by atoms with Crippen molar-refractivity contribution in [2.24, 2.45) is 4.99 Å². The molecule has 0 bridgehead atoms. The average molecular weight is 231 g/mol. The molecule has 4 heteroatoms. The largest absolute Gasteiger partial charge is 0.846 e. The predicted molar refractivity (Wildman–Crippen MR) is 63.7 cm³/mol. The van der Waals surface area contributed by atoms with Crippen molar-refractivity contribution in [2.45, 2.75) is 25.7 Å². The van der Waals surface area contributed by atoms with E-state index in [1.807, 2.05) is 18.2 Å². The topological polar surface area (TPSA) is 55.7 Å². The van der Waals surface area contributed by atoms with Crippen molar-refractivity contribution < 1.29 is 9.90 Å². The van der Waals surface area contributed by atoms with Gasteiger partial charge in [0.1, 0.15) is 0 Å². The Morgan fingerprint density at radius 1 is 1.18 bits per heavy atom. The zero-order valence-corrected chi connectivity index (χ0v) is 9.63. The van der Waals surface area contributed by atoms with Gasteiger partial charge in [0, 0.05) is 13.0 Å². The lowest BCUT2D eigenvalue weighted by molar-refractivity contribution is -0.233. The van der Waals surface area contributed by atoms with E-state index in [4.69, 9.17) is 0 Å². The molecule has 1 heterocycles. The Labute approximate surface area is 101 Å². The normalized spacial score (nSPS) is 18.0. The Morgan fingerprint density at radius 2 is 1.94 bits per heavy atom. The van der Waals surface area contributed by atoms with Crippen LogP contribution in [0.2, 0.25) is 0 Å². The second-order valence-corrected chi connectivity index (χ2v) is 4.09. The summed E-state index contributed by atoms with van der Waals surface area (Å²) in [5, 5.41) is 11.9.